The molecule has 162 valence electrons. The predicted molar refractivity (Wildman–Crippen MR) is 123 cm³/mol. The van der Waals surface area contributed by atoms with Gasteiger partial charge in [0, 0.05) is 41.2 Å². The first-order valence-corrected chi connectivity index (χ1v) is 11.3. The lowest BCUT2D eigenvalue weighted by atomic mass is 10.1. The lowest BCUT2D eigenvalue weighted by molar-refractivity contribution is 0.204. The van der Waals surface area contributed by atoms with Crippen molar-refractivity contribution in [3.63, 3.8) is 0 Å². The largest absolute Gasteiger partial charge is 0.373 e. The van der Waals surface area contributed by atoms with Crippen LogP contribution in [-0.2, 0) is 6.42 Å². The minimum atomic E-state index is -0.831. The highest BCUT2D eigenvalue weighted by Gasteiger charge is 2.33. The van der Waals surface area contributed by atoms with Crippen molar-refractivity contribution in [2.75, 3.05) is 5.32 Å². The molecular weight excluding hydrogens is 403 g/mol. The maximum absolute atomic E-state index is 15.1. The summed E-state index contributed by atoms with van der Waals surface area (Å²) in [4.78, 5) is 4.32. The average molecular weight is 429 g/mol. The van der Waals surface area contributed by atoms with Crippen molar-refractivity contribution in [1.82, 2.24) is 14.8 Å². The summed E-state index contributed by atoms with van der Waals surface area (Å²) in [5, 5.41) is 19.3. The van der Waals surface area contributed by atoms with E-state index in [0.29, 0.717) is 29.6 Å². The van der Waals surface area contributed by atoms with Crippen molar-refractivity contribution in [2.24, 2.45) is 0 Å². The van der Waals surface area contributed by atoms with Crippen molar-refractivity contribution >= 4 is 16.6 Å². The summed E-state index contributed by atoms with van der Waals surface area (Å²) in [5.41, 5.74) is 5.14. The van der Waals surface area contributed by atoms with E-state index in [1.807, 2.05) is 30.3 Å². The van der Waals surface area contributed by atoms with E-state index >= 15 is 4.39 Å². The maximum atomic E-state index is 15.1. The minimum absolute atomic E-state index is 0.341. The third-order valence-electron chi connectivity index (χ3n) is 6.35. The number of halogens is 1. The van der Waals surface area contributed by atoms with Gasteiger partial charge in [0.15, 0.2) is 5.82 Å². The predicted octanol–water partition coefficient (Wildman–Crippen LogP) is 5.29. The monoisotopic (exact) mass is 428 g/mol. The molecule has 2 aromatic carbocycles. The molecule has 2 fully saturated rings. The van der Waals surface area contributed by atoms with Gasteiger partial charge < -0.3 is 10.4 Å². The van der Waals surface area contributed by atoms with Crippen LogP contribution < -0.4 is 5.32 Å². The molecule has 2 aliphatic carbocycles. The number of aliphatic hydroxyl groups is 1. The Labute approximate surface area is 185 Å². The van der Waals surface area contributed by atoms with Gasteiger partial charge in [-0.2, -0.15) is 5.10 Å². The van der Waals surface area contributed by atoms with Gasteiger partial charge in [-0.3, -0.25) is 4.98 Å². The number of nitrogens with zero attached hydrogens (tertiary/aromatic N) is 3. The van der Waals surface area contributed by atoms with Crippen LogP contribution in [-0.4, -0.2) is 26.1 Å². The molecule has 6 heteroatoms. The SMILES string of the molecule is OC(Cc1ccc2ncccc2c1)Nc1ccc(-n2nc(C3CC3)cc2C2CC2)c(F)c1. The van der Waals surface area contributed by atoms with Gasteiger partial charge in [0.05, 0.1) is 11.2 Å². The number of rotatable bonds is 7. The second-order valence-corrected chi connectivity index (χ2v) is 9.02. The number of anilines is 1. The highest BCUT2D eigenvalue weighted by atomic mass is 19.1. The molecule has 2 N–H and O–H groups in total. The van der Waals surface area contributed by atoms with Crippen molar-refractivity contribution in [3.05, 3.63) is 83.6 Å². The van der Waals surface area contributed by atoms with Crippen LogP contribution in [0.5, 0.6) is 0 Å². The van der Waals surface area contributed by atoms with Crippen LogP contribution >= 0.6 is 0 Å². The van der Waals surface area contributed by atoms with Gasteiger partial charge in [0.1, 0.15) is 11.9 Å². The van der Waals surface area contributed by atoms with E-state index in [9.17, 15) is 5.11 Å². The highest BCUT2D eigenvalue weighted by molar-refractivity contribution is 5.78. The molecule has 0 saturated heterocycles. The number of fused-ring (bicyclic) bond motifs is 1. The molecule has 0 bridgehead atoms. The Kier molecular flexibility index (Phi) is 4.68. The van der Waals surface area contributed by atoms with E-state index in [4.69, 9.17) is 5.10 Å². The highest BCUT2D eigenvalue weighted by Crippen LogP contribution is 2.45. The lowest BCUT2D eigenvalue weighted by Gasteiger charge is -2.16. The van der Waals surface area contributed by atoms with Gasteiger partial charge in [-0.15, -0.1) is 0 Å². The Morgan fingerprint density at radius 3 is 2.66 bits per heavy atom. The Bertz CT molecular complexity index is 1290. The van der Waals surface area contributed by atoms with E-state index in [1.165, 1.54) is 18.9 Å². The van der Waals surface area contributed by atoms with Crippen molar-refractivity contribution in [1.29, 1.82) is 0 Å². The molecular formula is C26H25FN4O. The van der Waals surface area contributed by atoms with Gasteiger partial charge >= 0.3 is 0 Å². The molecule has 2 saturated carbocycles. The maximum Gasteiger partial charge on any atom is 0.150 e. The third kappa shape index (κ3) is 3.86. The van der Waals surface area contributed by atoms with Gasteiger partial charge in [-0.25, -0.2) is 9.07 Å². The van der Waals surface area contributed by atoms with E-state index in [-0.39, 0.29) is 5.82 Å². The second-order valence-electron chi connectivity index (χ2n) is 9.02. The van der Waals surface area contributed by atoms with Crippen LogP contribution in [0.1, 0.15) is 54.5 Å². The fraction of sp³-hybridized carbons (Fsp3) is 0.308. The first-order chi connectivity index (χ1) is 15.6. The second kappa shape index (κ2) is 7.71. The molecule has 32 heavy (non-hydrogen) atoms. The zero-order valence-electron chi connectivity index (χ0n) is 17.7. The Morgan fingerprint density at radius 2 is 1.88 bits per heavy atom. The molecule has 1 atom stereocenters. The van der Waals surface area contributed by atoms with E-state index < -0.39 is 6.23 Å². The molecule has 4 aromatic rings. The quantitative estimate of drug-likeness (QED) is 0.393. The number of benzene rings is 2. The molecule has 0 aliphatic heterocycles. The number of aromatic nitrogens is 3. The van der Waals surface area contributed by atoms with Crippen molar-refractivity contribution in [3.8, 4) is 5.69 Å². The number of hydrogen-bond donors (Lipinski definition) is 2. The van der Waals surface area contributed by atoms with Gasteiger partial charge in [-0.1, -0.05) is 12.1 Å². The van der Waals surface area contributed by atoms with Crippen LogP contribution in [0.2, 0.25) is 0 Å². The van der Waals surface area contributed by atoms with Crippen molar-refractivity contribution in [2.45, 2.75) is 50.2 Å². The summed E-state index contributed by atoms with van der Waals surface area (Å²) in [6.07, 6.45) is 5.99. The minimum Gasteiger partial charge on any atom is -0.373 e. The molecule has 2 heterocycles. The van der Waals surface area contributed by atoms with Crippen LogP contribution in [0.15, 0.2) is 60.8 Å². The summed E-state index contributed by atoms with van der Waals surface area (Å²) in [5.74, 6) is 0.691. The summed E-state index contributed by atoms with van der Waals surface area (Å²) in [7, 11) is 0. The normalized spacial score (nSPS) is 16.9. The smallest absolute Gasteiger partial charge is 0.150 e. The standard InChI is InChI=1S/C26H25FN4O/c27-21-14-20(29-26(32)13-16-3-9-22-19(12-16)2-1-11-28-22)8-10-24(21)31-25(18-6-7-18)15-23(30-31)17-4-5-17/h1-3,8-12,14-15,17-18,26,29,32H,4-7,13H2. The van der Waals surface area contributed by atoms with Gasteiger partial charge in [-0.05, 0) is 73.7 Å². The van der Waals surface area contributed by atoms with Crippen LogP contribution in [0, 0.1) is 5.82 Å². The molecule has 2 aliphatic rings. The number of nitrogens with one attached hydrogen (secondary N) is 1. The van der Waals surface area contributed by atoms with Crippen molar-refractivity contribution < 1.29 is 9.50 Å². The number of pyridine rings is 1. The average Bonchev–Trinajstić information content (AvgIpc) is 3.72. The zero-order chi connectivity index (χ0) is 21.7. The summed E-state index contributed by atoms with van der Waals surface area (Å²) < 4.78 is 16.9. The van der Waals surface area contributed by atoms with Gasteiger partial charge in [0.2, 0.25) is 0 Å². The summed E-state index contributed by atoms with van der Waals surface area (Å²) in [6.45, 7) is 0. The number of aliphatic hydroxyl groups excluding tert-OH is 1. The van der Waals surface area contributed by atoms with Crippen LogP contribution in [0.25, 0.3) is 16.6 Å². The summed E-state index contributed by atoms with van der Waals surface area (Å²) >= 11 is 0. The lowest BCUT2D eigenvalue weighted by Crippen LogP contribution is -2.21. The molecule has 5 nitrogen and oxygen atoms in total. The first-order valence-electron chi connectivity index (χ1n) is 11.3. The summed E-state index contributed by atoms with van der Waals surface area (Å²) in [6, 6.07) is 17.0. The van der Waals surface area contributed by atoms with Gasteiger partial charge in [0.25, 0.3) is 0 Å². The van der Waals surface area contributed by atoms with Crippen LogP contribution in [0.4, 0.5) is 10.1 Å². The fourth-order valence-corrected chi connectivity index (χ4v) is 4.34. The Morgan fingerprint density at radius 1 is 1.03 bits per heavy atom. The molecule has 0 radical (unpaired) electrons. The molecule has 1 unspecified atom stereocenters. The topological polar surface area (TPSA) is 63.0 Å². The molecule has 2 aromatic heterocycles. The van der Waals surface area contributed by atoms with E-state index in [1.54, 1.807) is 23.0 Å². The zero-order valence-corrected chi connectivity index (χ0v) is 17.7. The van der Waals surface area contributed by atoms with Crippen LogP contribution in [0.3, 0.4) is 0 Å². The Balaban J connectivity index is 1.19. The fourth-order valence-electron chi connectivity index (χ4n) is 4.34. The first kappa shape index (κ1) is 19.4. The molecule has 0 spiro atoms. The number of hydrogen-bond acceptors (Lipinski definition) is 4. The van der Waals surface area contributed by atoms with E-state index in [2.05, 4.69) is 16.4 Å². The molecule has 6 rings (SSSR count). The third-order valence-corrected chi connectivity index (χ3v) is 6.35. The van der Waals surface area contributed by atoms with E-state index in [0.717, 1.165) is 40.7 Å². The molecule has 0 amide bonds. The Hall–Kier alpha value is -3.25.